The number of ether oxygens (including phenoxy) is 1. The smallest absolute Gasteiger partial charge is 0.191 e. The summed E-state index contributed by atoms with van der Waals surface area (Å²) in [6.07, 6.45) is 1.55. The van der Waals surface area contributed by atoms with Crippen LogP contribution in [0.1, 0.15) is 31.2 Å². The first-order chi connectivity index (χ1) is 13.4. The number of guanidine groups is 1. The molecule has 1 aromatic heterocycles. The van der Waals surface area contributed by atoms with Crippen molar-refractivity contribution in [3.63, 3.8) is 0 Å². The van der Waals surface area contributed by atoms with Crippen LogP contribution in [0.2, 0.25) is 0 Å². The van der Waals surface area contributed by atoms with Gasteiger partial charge in [0.2, 0.25) is 0 Å². The van der Waals surface area contributed by atoms with Crippen molar-refractivity contribution in [2.75, 3.05) is 40.8 Å². The van der Waals surface area contributed by atoms with Gasteiger partial charge in [-0.05, 0) is 46.1 Å². The lowest BCUT2D eigenvalue weighted by molar-refractivity contribution is 0.0437. The second-order valence-corrected chi connectivity index (χ2v) is 7.05. The number of methoxy groups -OCH3 is 1. The number of benzene rings is 1. The highest BCUT2D eigenvalue weighted by molar-refractivity contribution is 14.0. The summed E-state index contributed by atoms with van der Waals surface area (Å²) in [6, 6.07) is 11.6. The van der Waals surface area contributed by atoms with E-state index in [9.17, 15) is 5.11 Å². The number of halogens is 1. The number of aliphatic hydroxyl groups is 1. The Kier molecular flexibility index (Phi) is 10.5. The van der Waals surface area contributed by atoms with E-state index in [0.717, 1.165) is 17.9 Å². The molecule has 29 heavy (non-hydrogen) atoms. The second-order valence-electron chi connectivity index (χ2n) is 7.05. The number of para-hydroxylation sites is 1. The lowest BCUT2D eigenvalue weighted by Gasteiger charge is -2.27. The summed E-state index contributed by atoms with van der Waals surface area (Å²) >= 11 is 0. The molecule has 0 aliphatic rings. The second kappa shape index (κ2) is 12.0. The zero-order valence-electron chi connectivity index (χ0n) is 17.8. The van der Waals surface area contributed by atoms with Gasteiger partial charge in [-0.15, -0.1) is 24.0 Å². The van der Waals surface area contributed by atoms with E-state index in [0.29, 0.717) is 18.3 Å². The molecular formula is C21H33IN4O3. The van der Waals surface area contributed by atoms with E-state index >= 15 is 0 Å². The maximum atomic E-state index is 10.6. The molecule has 0 spiro atoms. The molecule has 2 aromatic rings. The van der Waals surface area contributed by atoms with E-state index in [2.05, 4.69) is 26.6 Å². The minimum absolute atomic E-state index is 0. The Morgan fingerprint density at radius 2 is 1.97 bits per heavy atom. The summed E-state index contributed by atoms with van der Waals surface area (Å²) in [5, 5.41) is 17.2. The molecule has 1 aromatic carbocycles. The van der Waals surface area contributed by atoms with Gasteiger partial charge in [-0.25, -0.2) is 4.99 Å². The molecule has 0 bridgehead atoms. The van der Waals surface area contributed by atoms with Crippen LogP contribution in [0.15, 0.2) is 52.1 Å². The highest BCUT2D eigenvalue weighted by atomic mass is 127. The van der Waals surface area contributed by atoms with Crippen LogP contribution in [0.3, 0.4) is 0 Å². The maximum Gasteiger partial charge on any atom is 0.191 e. The molecule has 0 aliphatic heterocycles. The molecule has 2 unspecified atom stereocenters. The molecule has 8 heteroatoms. The van der Waals surface area contributed by atoms with Crippen LogP contribution in [-0.4, -0.2) is 56.8 Å². The highest BCUT2D eigenvalue weighted by Gasteiger charge is 2.26. The minimum Gasteiger partial charge on any atom is -0.496 e. The van der Waals surface area contributed by atoms with Gasteiger partial charge in [-0.3, -0.25) is 0 Å². The molecule has 0 aliphatic carbocycles. The molecule has 0 fully saturated rings. The van der Waals surface area contributed by atoms with Gasteiger partial charge in [0.25, 0.3) is 0 Å². The van der Waals surface area contributed by atoms with E-state index < -0.39 is 5.60 Å². The van der Waals surface area contributed by atoms with Gasteiger partial charge < -0.3 is 29.8 Å². The molecule has 0 amide bonds. The minimum atomic E-state index is -1.17. The van der Waals surface area contributed by atoms with Crippen molar-refractivity contribution >= 4 is 29.9 Å². The third-order valence-corrected chi connectivity index (χ3v) is 4.53. The van der Waals surface area contributed by atoms with E-state index in [-0.39, 0.29) is 36.6 Å². The number of hydrogen-bond acceptors (Lipinski definition) is 5. The molecule has 0 saturated carbocycles. The third kappa shape index (κ3) is 7.20. The fourth-order valence-corrected chi connectivity index (χ4v) is 2.94. The van der Waals surface area contributed by atoms with Crippen molar-refractivity contribution in [1.82, 2.24) is 15.5 Å². The van der Waals surface area contributed by atoms with Crippen molar-refractivity contribution in [2.24, 2.45) is 4.99 Å². The molecule has 0 radical (unpaired) electrons. The predicted octanol–water partition coefficient (Wildman–Crippen LogP) is 2.97. The molecule has 162 valence electrons. The fourth-order valence-electron chi connectivity index (χ4n) is 2.94. The molecular weight excluding hydrogens is 483 g/mol. The Morgan fingerprint density at radius 3 is 2.55 bits per heavy atom. The average molecular weight is 516 g/mol. The summed E-state index contributed by atoms with van der Waals surface area (Å²) < 4.78 is 10.8. The quantitative estimate of drug-likeness (QED) is 0.270. The number of nitrogens with one attached hydrogen (secondary N) is 2. The van der Waals surface area contributed by atoms with Crippen LogP contribution in [0.4, 0.5) is 0 Å². The number of furan rings is 1. The van der Waals surface area contributed by atoms with Crippen molar-refractivity contribution in [3.05, 3.63) is 54.0 Å². The molecule has 0 saturated heterocycles. The van der Waals surface area contributed by atoms with E-state index in [4.69, 9.17) is 9.15 Å². The van der Waals surface area contributed by atoms with Gasteiger partial charge >= 0.3 is 0 Å². The van der Waals surface area contributed by atoms with Gasteiger partial charge in [0.15, 0.2) is 5.96 Å². The van der Waals surface area contributed by atoms with Gasteiger partial charge in [0.1, 0.15) is 17.1 Å². The van der Waals surface area contributed by atoms with Crippen LogP contribution in [0.5, 0.6) is 5.75 Å². The zero-order valence-corrected chi connectivity index (χ0v) is 20.1. The van der Waals surface area contributed by atoms with E-state index in [1.165, 1.54) is 0 Å². The molecule has 2 atom stereocenters. The van der Waals surface area contributed by atoms with E-state index in [1.54, 1.807) is 32.4 Å². The van der Waals surface area contributed by atoms with Crippen molar-refractivity contribution in [3.8, 4) is 5.75 Å². The normalized spacial score (nSPS) is 14.7. The summed E-state index contributed by atoms with van der Waals surface area (Å²) in [5.41, 5.74) is -0.0731. The molecule has 7 nitrogen and oxygen atoms in total. The van der Waals surface area contributed by atoms with Gasteiger partial charge in [-0.1, -0.05) is 18.2 Å². The van der Waals surface area contributed by atoms with E-state index in [1.807, 2.05) is 39.2 Å². The van der Waals surface area contributed by atoms with Gasteiger partial charge in [0.05, 0.1) is 26.0 Å². The summed E-state index contributed by atoms with van der Waals surface area (Å²) in [7, 11) is 5.75. The van der Waals surface area contributed by atoms with Crippen LogP contribution < -0.4 is 15.4 Å². The largest absolute Gasteiger partial charge is 0.496 e. The summed E-state index contributed by atoms with van der Waals surface area (Å²) in [6.45, 7) is 5.22. The zero-order chi connectivity index (χ0) is 20.6. The summed E-state index contributed by atoms with van der Waals surface area (Å²) in [5.74, 6) is 1.98. The Balaban J connectivity index is 0.00000420. The van der Waals surface area contributed by atoms with Crippen LogP contribution in [0, 0.1) is 0 Å². The maximum absolute atomic E-state index is 10.6. The summed E-state index contributed by atoms with van der Waals surface area (Å²) in [4.78, 5) is 6.68. The standard InChI is InChI=1S/C21H32N4O3.HI/c1-6-22-20(24-15-21(2,26)19-12-9-13-28-19)23-14-17(25(3)4)16-10-7-8-11-18(16)27-5;/h7-13,17,26H,6,14-15H2,1-5H3,(H2,22,23,24);1H. The Bertz CT molecular complexity index is 748. The van der Waals surface area contributed by atoms with Crippen LogP contribution in [0.25, 0.3) is 0 Å². The average Bonchev–Trinajstić information content (AvgIpc) is 3.22. The Hall–Kier alpha value is -1.78. The van der Waals surface area contributed by atoms with Crippen molar-refractivity contribution in [2.45, 2.75) is 25.5 Å². The molecule has 1 heterocycles. The first kappa shape index (κ1) is 25.3. The number of nitrogens with zero attached hydrogens (tertiary/aromatic N) is 2. The lowest BCUT2D eigenvalue weighted by atomic mass is 10.0. The predicted molar refractivity (Wildman–Crippen MR) is 127 cm³/mol. The molecule has 2 rings (SSSR count). The fraction of sp³-hybridized carbons (Fsp3) is 0.476. The molecule has 3 N–H and O–H groups in total. The van der Waals surface area contributed by atoms with Crippen LogP contribution in [-0.2, 0) is 5.60 Å². The topological polar surface area (TPSA) is 82.3 Å². The number of likely N-dealkylation sites (N-methyl/N-ethyl adjacent to an activating group) is 1. The number of aliphatic imine (C=N–C) groups is 1. The highest BCUT2D eigenvalue weighted by Crippen LogP contribution is 2.27. The monoisotopic (exact) mass is 516 g/mol. The lowest BCUT2D eigenvalue weighted by Crippen LogP contribution is -2.42. The van der Waals surface area contributed by atoms with Gasteiger partial charge in [-0.2, -0.15) is 0 Å². The van der Waals surface area contributed by atoms with Gasteiger partial charge in [0, 0.05) is 18.7 Å². The first-order valence-corrected chi connectivity index (χ1v) is 9.47. The Morgan fingerprint density at radius 1 is 1.24 bits per heavy atom. The van der Waals surface area contributed by atoms with Crippen molar-refractivity contribution in [1.29, 1.82) is 0 Å². The first-order valence-electron chi connectivity index (χ1n) is 9.47. The SMILES string of the molecule is CCNC(=NCC(C)(O)c1ccco1)NCC(c1ccccc1OC)N(C)C.I. The Labute approximate surface area is 190 Å². The third-order valence-electron chi connectivity index (χ3n) is 4.53. The van der Waals surface area contributed by atoms with Crippen molar-refractivity contribution < 1.29 is 14.3 Å². The number of rotatable bonds is 9. The number of hydrogen-bond donors (Lipinski definition) is 3. The van der Waals surface area contributed by atoms with Crippen LogP contribution >= 0.6 is 24.0 Å².